The molecule has 1 aliphatic rings. The van der Waals surface area contributed by atoms with E-state index in [4.69, 9.17) is 16.3 Å². The molecule has 27 heavy (non-hydrogen) atoms. The zero-order valence-corrected chi connectivity index (χ0v) is 16.6. The molecule has 1 aliphatic heterocycles. The SMILES string of the molecule is CCOC(=O)N1CCN(c2nc(C)cc(Nc3cc(Cl)ccc3C)n2)CC1. The van der Waals surface area contributed by atoms with Gasteiger partial charge in [-0.25, -0.2) is 9.78 Å². The van der Waals surface area contributed by atoms with Crippen LogP contribution in [-0.2, 0) is 4.74 Å². The first-order chi connectivity index (χ1) is 13.0. The van der Waals surface area contributed by atoms with Crippen LogP contribution >= 0.6 is 11.6 Å². The number of rotatable bonds is 4. The molecule has 0 spiro atoms. The lowest BCUT2D eigenvalue weighted by atomic mass is 10.2. The van der Waals surface area contributed by atoms with Crippen LogP contribution in [0.2, 0.25) is 5.02 Å². The Hall–Kier alpha value is -2.54. The lowest BCUT2D eigenvalue weighted by Crippen LogP contribution is -2.49. The molecule has 1 saturated heterocycles. The number of benzene rings is 1. The number of amides is 1. The first-order valence-corrected chi connectivity index (χ1v) is 9.39. The van der Waals surface area contributed by atoms with Crippen molar-refractivity contribution in [2.45, 2.75) is 20.8 Å². The normalized spacial score (nSPS) is 14.2. The van der Waals surface area contributed by atoms with Crippen LogP contribution in [-0.4, -0.2) is 53.7 Å². The number of carbonyl (C=O) groups is 1. The van der Waals surface area contributed by atoms with Gasteiger partial charge >= 0.3 is 6.09 Å². The van der Waals surface area contributed by atoms with E-state index in [-0.39, 0.29) is 6.09 Å². The van der Waals surface area contributed by atoms with Gasteiger partial charge in [-0.2, -0.15) is 4.98 Å². The van der Waals surface area contributed by atoms with E-state index < -0.39 is 0 Å². The second-order valence-corrected chi connectivity index (χ2v) is 6.89. The number of nitrogens with one attached hydrogen (secondary N) is 1. The molecule has 1 aromatic carbocycles. The molecule has 1 aromatic heterocycles. The van der Waals surface area contributed by atoms with Crippen LogP contribution in [0.1, 0.15) is 18.2 Å². The molecule has 0 aliphatic carbocycles. The van der Waals surface area contributed by atoms with Crippen molar-refractivity contribution in [3.63, 3.8) is 0 Å². The van der Waals surface area contributed by atoms with E-state index in [0.717, 1.165) is 22.8 Å². The van der Waals surface area contributed by atoms with E-state index in [1.54, 1.807) is 4.90 Å². The summed E-state index contributed by atoms with van der Waals surface area (Å²) in [4.78, 5) is 24.9. The highest BCUT2D eigenvalue weighted by molar-refractivity contribution is 6.30. The highest BCUT2D eigenvalue weighted by atomic mass is 35.5. The molecule has 1 amide bonds. The Morgan fingerprint density at radius 2 is 1.93 bits per heavy atom. The third-order valence-corrected chi connectivity index (χ3v) is 4.63. The van der Waals surface area contributed by atoms with Crippen molar-refractivity contribution in [1.29, 1.82) is 0 Å². The predicted octanol–water partition coefficient (Wildman–Crippen LogP) is 3.77. The third-order valence-electron chi connectivity index (χ3n) is 4.39. The Bertz CT molecular complexity index is 822. The minimum Gasteiger partial charge on any atom is -0.450 e. The molecule has 3 rings (SSSR count). The Kier molecular flexibility index (Phi) is 6.01. The minimum atomic E-state index is -0.263. The first-order valence-electron chi connectivity index (χ1n) is 9.01. The van der Waals surface area contributed by atoms with Crippen LogP contribution in [0.4, 0.5) is 22.2 Å². The third kappa shape index (κ3) is 4.80. The lowest BCUT2D eigenvalue weighted by molar-refractivity contribution is 0.105. The van der Waals surface area contributed by atoms with Gasteiger partial charge in [0.15, 0.2) is 0 Å². The molecule has 1 N–H and O–H groups in total. The quantitative estimate of drug-likeness (QED) is 0.858. The molecule has 2 heterocycles. The number of piperazine rings is 1. The van der Waals surface area contributed by atoms with Gasteiger partial charge in [0, 0.05) is 48.6 Å². The van der Waals surface area contributed by atoms with E-state index in [1.165, 1.54) is 0 Å². The number of carbonyl (C=O) groups excluding carboxylic acids is 1. The zero-order chi connectivity index (χ0) is 19.4. The summed E-state index contributed by atoms with van der Waals surface area (Å²) >= 11 is 6.11. The molecular weight excluding hydrogens is 366 g/mol. The highest BCUT2D eigenvalue weighted by Crippen LogP contribution is 2.25. The average Bonchev–Trinajstić information content (AvgIpc) is 2.64. The van der Waals surface area contributed by atoms with Gasteiger partial charge in [-0.3, -0.25) is 0 Å². The van der Waals surface area contributed by atoms with Gasteiger partial charge in [-0.1, -0.05) is 17.7 Å². The molecular formula is C19H24ClN5O2. The van der Waals surface area contributed by atoms with Crippen molar-refractivity contribution in [3.8, 4) is 0 Å². The first kappa shape index (κ1) is 19.2. The number of aryl methyl sites for hydroxylation is 2. The van der Waals surface area contributed by atoms with Crippen molar-refractivity contribution in [1.82, 2.24) is 14.9 Å². The summed E-state index contributed by atoms with van der Waals surface area (Å²) in [6.45, 7) is 8.66. The van der Waals surface area contributed by atoms with Crippen molar-refractivity contribution < 1.29 is 9.53 Å². The van der Waals surface area contributed by atoms with Crippen molar-refractivity contribution in [2.24, 2.45) is 0 Å². The number of anilines is 3. The van der Waals surface area contributed by atoms with E-state index in [2.05, 4.69) is 20.2 Å². The van der Waals surface area contributed by atoms with Gasteiger partial charge < -0.3 is 19.9 Å². The molecule has 0 unspecified atom stereocenters. The fourth-order valence-corrected chi connectivity index (χ4v) is 3.10. The van der Waals surface area contributed by atoms with E-state index in [9.17, 15) is 4.79 Å². The van der Waals surface area contributed by atoms with Crippen molar-refractivity contribution >= 4 is 35.1 Å². The summed E-state index contributed by atoms with van der Waals surface area (Å²) in [6.07, 6.45) is -0.263. The molecule has 0 radical (unpaired) electrons. The number of hydrogen-bond acceptors (Lipinski definition) is 6. The van der Waals surface area contributed by atoms with E-state index in [0.29, 0.717) is 43.8 Å². The number of hydrogen-bond donors (Lipinski definition) is 1. The Morgan fingerprint density at radius 1 is 1.19 bits per heavy atom. The van der Waals surface area contributed by atoms with E-state index in [1.807, 2.05) is 45.0 Å². The van der Waals surface area contributed by atoms with E-state index >= 15 is 0 Å². The second-order valence-electron chi connectivity index (χ2n) is 6.45. The predicted molar refractivity (Wildman–Crippen MR) is 107 cm³/mol. The average molecular weight is 390 g/mol. The number of nitrogens with zero attached hydrogens (tertiary/aromatic N) is 4. The van der Waals surface area contributed by atoms with Crippen LogP contribution in [0.15, 0.2) is 24.3 Å². The minimum absolute atomic E-state index is 0.263. The highest BCUT2D eigenvalue weighted by Gasteiger charge is 2.23. The van der Waals surface area contributed by atoms with Gasteiger partial charge in [0.2, 0.25) is 5.95 Å². The van der Waals surface area contributed by atoms with Gasteiger partial charge in [0.25, 0.3) is 0 Å². The topological polar surface area (TPSA) is 70.6 Å². The number of aromatic nitrogens is 2. The van der Waals surface area contributed by atoms with Crippen LogP contribution in [0.25, 0.3) is 0 Å². The maximum Gasteiger partial charge on any atom is 0.409 e. The summed E-state index contributed by atoms with van der Waals surface area (Å²) in [7, 11) is 0. The van der Waals surface area contributed by atoms with Gasteiger partial charge in [-0.15, -0.1) is 0 Å². The summed E-state index contributed by atoms with van der Waals surface area (Å²) in [5, 5.41) is 4.00. The fourth-order valence-electron chi connectivity index (χ4n) is 2.93. The fraction of sp³-hybridized carbons (Fsp3) is 0.421. The van der Waals surface area contributed by atoms with Gasteiger partial charge in [0.05, 0.1) is 6.61 Å². The maximum atomic E-state index is 11.8. The Morgan fingerprint density at radius 3 is 2.63 bits per heavy atom. The van der Waals surface area contributed by atoms with Crippen LogP contribution < -0.4 is 10.2 Å². The monoisotopic (exact) mass is 389 g/mol. The summed E-state index contributed by atoms with van der Waals surface area (Å²) < 4.78 is 5.06. The Labute approximate surface area is 164 Å². The maximum absolute atomic E-state index is 11.8. The molecule has 2 aromatic rings. The molecule has 7 nitrogen and oxygen atoms in total. The largest absolute Gasteiger partial charge is 0.450 e. The number of halogens is 1. The second kappa shape index (κ2) is 8.43. The smallest absolute Gasteiger partial charge is 0.409 e. The summed E-state index contributed by atoms with van der Waals surface area (Å²) in [5.74, 6) is 1.37. The zero-order valence-electron chi connectivity index (χ0n) is 15.8. The number of ether oxygens (including phenoxy) is 1. The summed E-state index contributed by atoms with van der Waals surface area (Å²) in [6, 6.07) is 7.61. The lowest BCUT2D eigenvalue weighted by Gasteiger charge is -2.34. The van der Waals surface area contributed by atoms with Crippen molar-refractivity contribution in [2.75, 3.05) is 43.0 Å². The standard InChI is InChI=1S/C19H24ClN5O2/c1-4-27-19(26)25-9-7-24(8-10-25)18-21-14(3)11-17(23-18)22-16-12-15(20)6-5-13(16)2/h5-6,11-12H,4,7-10H2,1-3H3,(H,21,22,23). The van der Waals surface area contributed by atoms with Crippen molar-refractivity contribution in [3.05, 3.63) is 40.5 Å². The van der Waals surface area contributed by atoms with Gasteiger partial charge in [-0.05, 0) is 38.5 Å². The van der Waals surface area contributed by atoms with Crippen LogP contribution in [0, 0.1) is 13.8 Å². The molecule has 1 fully saturated rings. The molecule has 144 valence electrons. The van der Waals surface area contributed by atoms with Crippen LogP contribution in [0.5, 0.6) is 0 Å². The molecule has 0 bridgehead atoms. The van der Waals surface area contributed by atoms with Gasteiger partial charge in [0.1, 0.15) is 5.82 Å². The van der Waals surface area contributed by atoms with Crippen LogP contribution in [0.3, 0.4) is 0 Å². The summed E-state index contributed by atoms with van der Waals surface area (Å²) in [5.41, 5.74) is 2.87. The molecule has 0 atom stereocenters. The molecule has 8 heteroatoms. The molecule has 0 saturated carbocycles. The Balaban J connectivity index is 1.72.